The zero-order chi connectivity index (χ0) is 24.2. The van der Waals surface area contributed by atoms with E-state index < -0.39 is 17.3 Å². The molecule has 0 aliphatic carbocycles. The summed E-state index contributed by atoms with van der Waals surface area (Å²) in [5.41, 5.74) is 1.21. The number of hydrogen-bond donors (Lipinski definition) is 2. The number of pyridine rings is 1. The van der Waals surface area contributed by atoms with Gasteiger partial charge in [-0.05, 0) is 84.5 Å². The molecule has 3 rings (SSSR count). The lowest BCUT2D eigenvalue weighted by Crippen LogP contribution is -2.23. The van der Waals surface area contributed by atoms with Crippen molar-refractivity contribution in [2.75, 3.05) is 33.7 Å². The zero-order valence-electron chi connectivity index (χ0n) is 20.0. The fourth-order valence-electron chi connectivity index (χ4n) is 4.67. The van der Waals surface area contributed by atoms with Crippen molar-refractivity contribution >= 4 is 21.8 Å². The van der Waals surface area contributed by atoms with Crippen molar-refractivity contribution in [3.05, 3.63) is 45.4 Å². The maximum absolute atomic E-state index is 13.8. The van der Waals surface area contributed by atoms with Gasteiger partial charge in [0, 0.05) is 40.1 Å². The van der Waals surface area contributed by atoms with E-state index >= 15 is 0 Å². The summed E-state index contributed by atoms with van der Waals surface area (Å²) in [6.07, 6.45) is 0.887. The Morgan fingerprint density at radius 3 is 2.42 bits per heavy atom. The SMILES string of the molecule is CNCCCN(C)CCCCCCn1c(C)c(C)c2c3c(C(F)(F)F)cc(=O)[nH]c3ccc21. The molecule has 2 aromatic heterocycles. The van der Waals surface area contributed by atoms with Crippen LogP contribution in [0.15, 0.2) is 23.0 Å². The van der Waals surface area contributed by atoms with Crippen LogP contribution in [-0.4, -0.2) is 48.2 Å². The lowest BCUT2D eigenvalue weighted by Gasteiger charge is -2.16. The van der Waals surface area contributed by atoms with Crippen LogP contribution < -0.4 is 10.9 Å². The van der Waals surface area contributed by atoms with Crippen LogP contribution in [0.5, 0.6) is 0 Å². The van der Waals surface area contributed by atoms with Gasteiger partial charge in [0.15, 0.2) is 0 Å². The van der Waals surface area contributed by atoms with E-state index in [4.69, 9.17) is 0 Å². The molecule has 0 saturated carbocycles. The monoisotopic (exact) mass is 464 g/mol. The summed E-state index contributed by atoms with van der Waals surface area (Å²) in [7, 11) is 4.12. The van der Waals surface area contributed by atoms with Gasteiger partial charge in [0.2, 0.25) is 5.56 Å². The number of H-pyrrole nitrogens is 1. The number of benzene rings is 1. The van der Waals surface area contributed by atoms with Crippen LogP contribution in [0.2, 0.25) is 0 Å². The number of aromatic amines is 1. The van der Waals surface area contributed by atoms with Crippen molar-refractivity contribution in [1.29, 1.82) is 0 Å². The predicted octanol–water partition coefficient (Wildman–Crippen LogP) is 5.22. The third-order valence-electron chi connectivity index (χ3n) is 6.54. The largest absolute Gasteiger partial charge is 0.417 e. The first-order valence-electron chi connectivity index (χ1n) is 11.7. The summed E-state index contributed by atoms with van der Waals surface area (Å²) in [6, 6.07) is 4.09. The minimum absolute atomic E-state index is 0.0836. The normalized spacial score (nSPS) is 12.5. The minimum atomic E-state index is -4.59. The molecule has 2 N–H and O–H groups in total. The van der Waals surface area contributed by atoms with Gasteiger partial charge in [-0.15, -0.1) is 0 Å². The Morgan fingerprint density at radius 1 is 1.03 bits per heavy atom. The second kappa shape index (κ2) is 10.7. The van der Waals surface area contributed by atoms with Crippen molar-refractivity contribution in [3.8, 4) is 0 Å². The van der Waals surface area contributed by atoms with E-state index in [1.807, 2.05) is 27.0 Å². The quantitative estimate of drug-likeness (QED) is 0.383. The number of halogens is 3. The molecule has 0 atom stereocenters. The molecule has 3 aromatic rings. The van der Waals surface area contributed by atoms with Crippen LogP contribution in [0, 0.1) is 13.8 Å². The number of hydrogen-bond acceptors (Lipinski definition) is 3. The average Bonchev–Trinajstić information content (AvgIpc) is 2.99. The summed E-state index contributed by atoms with van der Waals surface area (Å²) >= 11 is 0. The molecular formula is C25H35F3N4O. The molecule has 0 spiro atoms. The lowest BCUT2D eigenvalue weighted by molar-refractivity contribution is -0.136. The Kier molecular flexibility index (Phi) is 8.23. The van der Waals surface area contributed by atoms with E-state index in [-0.39, 0.29) is 10.9 Å². The fourth-order valence-corrected chi connectivity index (χ4v) is 4.67. The van der Waals surface area contributed by atoms with Gasteiger partial charge < -0.3 is 19.8 Å². The molecule has 5 nitrogen and oxygen atoms in total. The molecule has 0 aliphatic heterocycles. The third kappa shape index (κ3) is 5.79. The molecule has 0 aliphatic rings. The van der Waals surface area contributed by atoms with Crippen LogP contribution in [0.25, 0.3) is 21.8 Å². The third-order valence-corrected chi connectivity index (χ3v) is 6.54. The van der Waals surface area contributed by atoms with Gasteiger partial charge >= 0.3 is 6.18 Å². The number of alkyl halides is 3. The van der Waals surface area contributed by atoms with Gasteiger partial charge in [-0.2, -0.15) is 13.2 Å². The highest BCUT2D eigenvalue weighted by Gasteiger charge is 2.34. The highest BCUT2D eigenvalue weighted by molar-refractivity contribution is 6.09. The summed E-state index contributed by atoms with van der Waals surface area (Å²) < 4.78 is 43.4. The number of aromatic nitrogens is 2. The summed E-state index contributed by atoms with van der Waals surface area (Å²) in [5, 5.41) is 3.83. The van der Waals surface area contributed by atoms with Crippen LogP contribution in [0.3, 0.4) is 0 Å². The molecule has 0 fully saturated rings. The first kappa shape index (κ1) is 25.3. The number of fused-ring (bicyclic) bond motifs is 3. The number of nitrogens with one attached hydrogen (secondary N) is 2. The van der Waals surface area contributed by atoms with Crippen LogP contribution >= 0.6 is 0 Å². The number of unbranched alkanes of at least 4 members (excludes halogenated alkanes) is 3. The van der Waals surface area contributed by atoms with Crippen molar-refractivity contribution < 1.29 is 13.2 Å². The van der Waals surface area contributed by atoms with Gasteiger partial charge in [-0.1, -0.05) is 12.8 Å². The van der Waals surface area contributed by atoms with E-state index in [0.29, 0.717) is 11.5 Å². The number of rotatable bonds is 11. The average molecular weight is 465 g/mol. The van der Waals surface area contributed by atoms with Crippen molar-refractivity contribution in [3.63, 3.8) is 0 Å². The summed E-state index contributed by atoms with van der Waals surface area (Å²) in [6.45, 7) is 7.80. The minimum Gasteiger partial charge on any atom is -0.345 e. The van der Waals surface area contributed by atoms with Gasteiger partial charge in [0.25, 0.3) is 0 Å². The highest BCUT2D eigenvalue weighted by Crippen LogP contribution is 2.39. The smallest absolute Gasteiger partial charge is 0.345 e. The van der Waals surface area contributed by atoms with Gasteiger partial charge in [0.05, 0.1) is 5.56 Å². The Labute approximate surface area is 193 Å². The van der Waals surface area contributed by atoms with E-state index in [0.717, 1.165) is 75.1 Å². The molecule has 0 saturated heterocycles. The van der Waals surface area contributed by atoms with Crippen molar-refractivity contribution in [2.24, 2.45) is 0 Å². The van der Waals surface area contributed by atoms with Crippen molar-refractivity contribution in [2.45, 2.75) is 58.7 Å². The summed E-state index contributed by atoms with van der Waals surface area (Å²) in [4.78, 5) is 16.7. The first-order valence-corrected chi connectivity index (χ1v) is 11.7. The molecule has 0 radical (unpaired) electrons. The summed E-state index contributed by atoms with van der Waals surface area (Å²) in [5.74, 6) is 0. The molecule has 0 unspecified atom stereocenters. The molecule has 182 valence electrons. The van der Waals surface area contributed by atoms with Crippen molar-refractivity contribution in [1.82, 2.24) is 19.8 Å². The fraction of sp³-hybridized carbons (Fsp3) is 0.560. The second-order valence-electron chi connectivity index (χ2n) is 8.96. The van der Waals surface area contributed by atoms with E-state index in [2.05, 4.69) is 26.8 Å². The Morgan fingerprint density at radius 2 is 1.73 bits per heavy atom. The second-order valence-corrected chi connectivity index (χ2v) is 8.96. The molecule has 8 heteroatoms. The number of aryl methyl sites for hydroxylation is 2. The predicted molar refractivity (Wildman–Crippen MR) is 129 cm³/mol. The van der Waals surface area contributed by atoms with Gasteiger partial charge in [0.1, 0.15) is 0 Å². The standard InChI is InChI=1S/C25H35F3N4O/c1-17-18(2)32(15-8-6-5-7-13-31(4)14-9-12-29-3)21-11-10-20-24(23(17)21)19(25(26,27)28)16-22(33)30-20/h10-11,16,29H,5-9,12-15H2,1-4H3,(H,30,33). The van der Waals surface area contributed by atoms with Crippen LogP contribution in [0.1, 0.15) is 48.9 Å². The van der Waals surface area contributed by atoms with Crippen LogP contribution in [0.4, 0.5) is 13.2 Å². The maximum atomic E-state index is 13.8. The Bertz CT molecular complexity index is 1150. The van der Waals surface area contributed by atoms with Gasteiger partial charge in [-0.25, -0.2) is 0 Å². The zero-order valence-corrected chi connectivity index (χ0v) is 20.0. The highest BCUT2D eigenvalue weighted by atomic mass is 19.4. The lowest BCUT2D eigenvalue weighted by atomic mass is 10.0. The molecular weight excluding hydrogens is 429 g/mol. The Hall–Kier alpha value is -2.32. The molecule has 0 bridgehead atoms. The molecule has 1 aromatic carbocycles. The first-order chi connectivity index (χ1) is 15.6. The van der Waals surface area contributed by atoms with E-state index in [1.54, 1.807) is 6.07 Å². The van der Waals surface area contributed by atoms with E-state index in [9.17, 15) is 18.0 Å². The van der Waals surface area contributed by atoms with E-state index in [1.165, 1.54) is 0 Å². The molecule has 0 amide bonds. The molecule has 2 heterocycles. The molecule has 33 heavy (non-hydrogen) atoms. The topological polar surface area (TPSA) is 53.1 Å². The maximum Gasteiger partial charge on any atom is 0.417 e. The van der Waals surface area contributed by atoms with Crippen LogP contribution in [-0.2, 0) is 12.7 Å². The Balaban J connectivity index is 1.74. The van der Waals surface area contributed by atoms with Gasteiger partial charge in [-0.3, -0.25) is 4.79 Å². The number of nitrogens with zero attached hydrogens (tertiary/aromatic N) is 2.